The highest BCUT2D eigenvalue weighted by Gasteiger charge is 2.23. The number of pyridine rings is 1. The third-order valence-corrected chi connectivity index (χ3v) is 4.89. The van der Waals surface area contributed by atoms with Crippen molar-refractivity contribution in [1.29, 1.82) is 0 Å². The molecule has 1 aromatic heterocycles. The van der Waals surface area contributed by atoms with Crippen LogP contribution in [0, 0.1) is 12.3 Å². The molecule has 2 aliphatic heterocycles. The van der Waals surface area contributed by atoms with Crippen LogP contribution in [0.25, 0.3) is 0 Å². The van der Waals surface area contributed by atoms with Crippen LogP contribution in [0.4, 0.5) is 5.82 Å². The number of carbonyl (C=O) groups is 1. The van der Waals surface area contributed by atoms with Gasteiger partial charge >= 0.3 is 0 Å². The van der Waals surface area contributed by atoms with Gasteiger partial charge in [0.1, 0.15) is 5.82 Å². The van der Waals surface area contributed by atoms with Crippen LogP contribution < -0.4 is 4.90 Å². The third-order valence-electron chi connectivity index (χ3n) is 4.61. The van der Waals surface area contributed by atoms with E-state index in [2.05, 4.69) is 20.7 Å². The number of aromatic nitrogens is 1. The van der Waals surface area contributed by atoms with Gasteiger partial charge in [0.15, 0.2) is 0 Å². The van der Waals surface area contributed by atoms with Gasteiger partial charge in [-0.05, 0) is 6.07 Å². The second-order valence-corrected chi connectivity index (χ2v) is 6.62. The average Bonchev–Trinajstić information content (AvgIpc) is 2.67. The molecule has 0 aliphatic carbocycles. The lowest BCUT2D eigenvalue weighted by Crippen LogP contribution is -2.47. The molecule has 1 aromatic rings. The molecule has 134 valence electrons. The number of hydrogen-bond donors (Lipinski definition) is 0. The number of terminal acetylenes is 1. The summed E-state index contributed by atoms with van der Waals surface area (Å²) in [5.74, 6) is 3.39. The largest absolute Gasteiger partial charge is 0.378 e. The lowest BCUT2D eigenvalue weighted by atomic mass is 10.2. The van der Waals surface area contributed by atoms with E-state index >= 15 is 0 Å². The quantitative estimate of drug-likeness (QED) is 0.757. The number of piperazine rings is 1. The zero-order chi connectivity index (χ0) is 17.6. The van der Waals surface area contributed by atoms with E-state index < -0.39 is 0 Å². The Kier molecular flexibility index (Phi) is 6.14. The summed E-state index contributed by atoms with van der Waals surface area (Å²) in [5.41, 5.74) is 0.531. The Labute approximate surface area is 153 Å². The van der Waals surface area contributed by atoms with E-state index in [0.29, 0.717) is 36.9 Å². The highest BCUT2D eigenvalue weighted by molar-refractivity contribution is 6.33. The smallest absolute Gasteiger partial charge is 0.255 e. The fraction of sp³-hybridized carbons (Fsp3) is 0.556. The van der Waals surface area contributed by atoms with Crippen LogP contribution in [-0.4, -0.2) is 79.7 Å². The maximum Gasteiger partial charge on any atom is 0.255 e. The van der Waals surface area contributed by atoms with Crippen molar-refractivity contribution in [2.45, 2.75) is 6.42 Å². The molecule has 0 aromatic carbocycles. The molecular formula is C18H23ClN4O2. The number of hydrogen-bond acceptors (Lipinski definition) is 5. The Hall–Kier alpha value is -1.81. The molecule has 0 bridgehead atoms. The van der Waals surface area contributed by atoms with Gasteiger partial charge in [0.05, 0.1) is 23.8 Å². The topological polar surface area (TPSA) is 48.9 Å². The number of halogens is 1. The number of anilines is 1. The molecule has 0 saturated carbocycles. The molecule has 7 heteroatoms. The molecule has 0 spiro atoms. The highest BCUT2D eigenvalue weighted by atomic mass is 35.5. The van der Waals surface area contributed by atoms with E-state index in [4.69, 9.17) is 22.8 Å². The molecule has 0 unspecified atom stereocenters. The van der Waals surface area contributed by atoms with Gasteiger partial charge in [-0.3, -0.25) is 9.69 Å². The number of carbonyl (C=O) groups excluding carboxylic acids is 1. The lowest BCUT2D eigenvalue weighted by molar-refractivity contribution is 0.0302. The van der Waals surface area contributed by atoms with Gasteiger partial charge in [-0.25, -0.2) is 4.98 Å². The van der Waals surface area contributed by atoms with Crippen LogP contribution in [0.3, 0.4) is 0 Å². The molecule has 2 saturated heterocycles. The fourth-order valence-electron chi connectivity index (χ4n) is 3.14. The molecule has 0 N–H and O–H groups in total. The second-order valence-electron chi connectivity index (χ2n) is 6.22. The predicted octanol–water partition coefficient (Wildman–Crippen LogP) is 1.35. The van der Waals surface area contributed by atoms with Crippen LogP contribution in [0.2, 0.25) is 5.02 Å². The van der Waals surface area contributed by atoms with Gasteiger partial charge in [-0.1, -0.05) is 11.6 Å². The zero-order valence-electron chi connectivity index (χ0n) is 14.3. The van der Waals surface area contributed by atoms with E-state index in [1.807, 2.05) is 0 Å². The van der Waals surface area contributed by atoms with Crippen molar-refractivity contribution >= 4 is 23.3 Å². The predicted molar refractivity (Wildman–Crippen MR) is 98.1 cm³/mol. The van der Waals surface area contributed by atoms with E-state index in [1.165, 1.54) is 0 Å². The molecule has 0 atom stereocenters. The van der Waals surface area contributed by atoms with Crippen LogP contribution in [0.1, 0.15) is 16.8 Å². The third kappa shape index (κ3) is 4.43. The number of ether oxygens (including phenoxy) is 1. The van der Waals surface area contributed by atoms with Crippen molar-refractivity contribution in [1.82, 2.24) is 14.8 Å². The Balaban J connectivity index is 1.62. The minimum absolute atomic E-state index is 0.0386. The first-order valence-corrected chi connectivity index (χ1v) is 9.00. The van der Waals surface area contributed by atoms with E-state index in [1.54, 1.807) is 17.2 Å². The van der Waals surface area contributed by atoms with Gasteiger partial charge in [-0.15, -0.1) is 12.3 Å². The summed E-state index contributed by atoms with van der Waals surface area (Å²) in [4.78, 5) is 23.3. The van der Waals surface area contributed by atoms with Gasteiger partial charge in [-0.2, -0.15) is 0 Å². The summed E-state index contributed by atoms with van der Waals surface area (Å²) in [5, 5.41) is 0.524. The van der Waals surface area contributed by atoms with Crippen molar-refractivity contribution in [3.05, 3.63) is 22.8 Å². The molecular weight excluding hydrogens is 340 g/mol. The summed E-state index contributed by atoms with van der Waals surface area (Å²) in [6.07, 6.45) is 7.73. The summed E-state index contributed by atoms with van der Waals surface area (Å²) in [6.45, 7) is 6.89. The molecule has 3 rings (SSSR count). The maximum atomic E-state index is 12.5. The molecule has 0 radical (unpaired) electrons. The average molecular weight is 363 g/mol. The van der Waals surface area contributed by atoms with Crippen molar-refractivity contribution < 1.29 is 9.53 Å². The number of rotatable bonds is 4. The molecule has 6 nitrogen and oxygen atoms in total. The lowest BCUT2D eigenvalue weighted by Gasteiger charge is -2.35. The molecule has 2 aliphatic rings. The maximum absolute atomic E-state index is 12.5. The van der Waals surface area contributed by atoms with Gasteiger partial charge in [0, 0.05) is 58.4 Å². The van der Waals surface area contributed by atoms with E-state index in [-0.39, 0.29) is 5.91 Å². The van der Waals surface area contributed by atoms with Crippen LogP contribution in [-0.2, 0) is 4.74 Å². The normalized spacial score (nSPS) is 18.9. The van der Waals surface area contributed by atoms with Gasteiger partial charge in [0.2, 0.25) is 0 Å². The summed E-state index contributed by atoms with van der Waals surface area (Å²) in [6, 6.07) is 1.73. The Morgan fingerprint density at radius 3 is 2.60 bits per heavy atom. The minimum atomic E-state index is -0.0386. The number of nitrogens with zero attached hydrogens (tertiary/aromatic N) is 4. The number of morpholine rings is 1. The fourth-order valence-corrected chi connectivity index (χ4v) is 3.42. The van der Waals surface area contributed by atoms with E-state index in [0.717, 1.165) is 45.0 Å². The standard InChI is InChI=1S/C18H23ClN4O2/c1-2-3-4-21-5-7-22(8-6-21)17-16(19)13-15(14-20-17)18(24)23-9-11-25-12-10-23/h1,13-14H,3-12H2. The molecule has 2 fully saturated rings. The first-order valence-electron chi connectivity index (χ1n) is 8.62. The highest BCUT2D eigenvalue weighted by Crippen LogP contribution is 2.25. The Morgan fingerprint density at radius 1 is 1.24 bits per heavy atom. The van der Waals surface area contributed by atoms with Crippen molar-refractivity contribution in [2.24, 2.45) is 0 Å². The molecule has 3 heterocycles. The zero-order valence-corrected chi connectivity index (χ0v) is 15.0. The van der Waals surface area contributed by atoms with Gasteiger partial charge < -0.3 is 14.5 Å². The summed E-state index contributed by atoms with van der Waals surface area (Å²) < 4.78 is 5.28. The Morgan fingerprint density at radius 2 is 1.96 bits per heavy atom. The van der Waals surface area contributed by atoms with Crippen LogP contribution >= 0.6 is 11.6 Å². The van der Waals surface area contributed by atoms with E-state index in [9.17, 15) is 4.79 Å². The van der Waals surface area contributed by atoms with Crippen LogP contribution in [0.15, 0.2) is 12.3 Å². The Bertz CT molecular complexity index is 647. The summed E-state index contributed by atoms with van der Waals surface area (Å²) >= 11 is 6.43. The van der Waals surface area contributed by atoms with Crippen LogP contribution in [0.5, 0.6) is 0 Å². The van der Waals surface area contributed by atoms with Crippen molar-refractivity contribution in [3.63, 3.8) is 0 Å². The first-order chi connectivity index (χ1) is 12.2. The first kappa shape index (κ1) is 18.0. The molecule has 25 heavy (non-hydrogen) atoms. The minimum Gasteiger partial charge on any atom is -0.378 e. The van der Waals surface area contributed by atoms with Crippen molar-refractivity contribution in [2.75, 3.05) is 63.9 Å². The van der Waals surface area contributed by atoms with Crippen molar-refractivity contribution in [3.8, 4) is 12.3 Å². The monoisotopic (exact) mass is 362 g/mol. The van der Waals surface area contributed by atoms with Gasteiger partial charge in [0.25, 0.3) is 5.91 Å². The number of amides is 1. The molecule has 1 amide bonds. The SMILES string of the molecule is C#CCCN1CCN(c2ncc(C(=O)N3CCOCC3)cc2Cl)CC1. The summed E-state index contributed by atoms with van der Waals surface area (Å²) in [7, 11) is 0. The second kappa shape index (κ2) is 8.52.